The zero-order chi connectivity index (χ0) is 21.9. The lowest BCUT2D eigenvalue weighted by Crippen LogP contribution is -2.11. The largest absolute Gasteiger partial charge is 0.331 e. The van der Waals surface area contributed by atoms with Crippen LogP contribution >= 0.6 is 11.6 Å². The summed E-state index contributed by atoms with van der Waals surface area (Å²) in [5.74, 6) is -0.156. The van der Waals surface area contributed by atoms with Crippen LogP contribution in [0, 0.1) is 0 Å². The number of amides is 1. The first-order valence-corrected chi connectivity index (χ1v) is 10.5. The quantitative estimate of drug-likeness (QED) is 0.363. The Labute approximate surface area is 190 Å². The highest BCUT2D eigenvalue weighted by molar-refractivity contribution is 6.30. The Kier molecular flexibility index (Phi) is 5.40. The minimum absolute atomic E-state index is 0.156. The minimum Gasteiger partial charge on any atom is -0.331 e. The fourth-order valence-corrected chi connectivity index (χ4v) is 3.69. The first-order chi connectivity index (χ1) is 15.6. The van der Waals surface area contributed by atoms with E-state index in [9.17, 15) is 4.79 Å². The molecule has 0 bridgehead atoms. The van der Waals surface area contributed by atoms with E-state index in [1.54, 1.807) is 12.5 Å². The Morgan fingerprint density at radius 3 is 2.38 bits per heavy atom. The summed E-state index contributed by atoms with van der Waals surface area (Å²) in [6.07, 6.45) is 5.43. The van der Waals surface area contributed by atoms with Crippen LogP contribution in [0.25, 0.3) is 22.0 Å². The summed E-state index contributed by atoms with van der Waals surface area (Å²) in [6, 6.07) is 24.9. The number of hydrogen-bond acceptors (Lipinski definition) is 3. The summed E-state index contributed by atoms with van der Waals surface area (Å²) in [4.78, 5) is 21.5. The lowest BCUT2D eigenvalue weighted by molar-refractivity contribution is 0.102. The first-order valence-electron chi connectivity index (χ1n) is 10.2. The lowest BCUT2D eigenvalue weighted by atomic mass is 10.0. The molecular weight excluding hydrogens is 420 g/mol. The fourth-order valence-electron chi connectivity index (χ4n) is 3.56. The Balaban J connectivity index is 1.30. The average molecular weight is 439 g/mol. The van der Waals surface area contributed by atoms with Crippen LogP contribution in [0.4, 0.5) is 5.69 Å². The van der Waals surface area contributed by atoms with Gasteiger partial charge in [0.05, 0.1) is 24.1 Å². The molecular formula is C26H19ClN4O. The van der Waals surface area contributed by atoms with Crippen LogP contribution in [0.15, 0.2) is 97.6 Å². The van der Waals surface area contributed by atoms with Crippen molar-refractivity contribution in [2.75, 3.05) is 5.32 Å². The summed E-state index contributed by atoms with van der Waals surface area (Å²) >= 11 is 5.96. The van der Waals surface area contributed by atoms with Crippen molar-refractivity contribution in [3.05, 3.63) is 114 Å². The van der Waals surface area contributed by atoms with Gasteiger partial charge in [-0.1, -0.05) is 41.9 Å². The van der Waals surface area contributed by atoms with E-state index in [4.69, 9.17) is 16.6 Å². The molecule has 6 heteroatoms. The maximum Gasteiger partial charge on any atom is 0.255 e. The fraction of sp³-hybridized carbons (Fsp3) is 0.0385. The number of pyridine rings is 1. The summed E-state index contributed by atoms with van der Waals surface area (Å²) in [5, 5.41) is 4.64. The van der Waals surface area contributed by atoms with Crippen molar-refractivity contribution in [2.45, 2.75) is 6.54 Å². The molecule has 0 aliphatic heterocycles. The number of hydrogen-bond donors (Lipinski definition) is 1. The third-order valence-corrected chi connectivity index (χ3v) is 5.49. The second-order valence-electron chi connectivity index (χ2n) is 7.48. The summed E-state index contributed by atoms with van der Waals surface area (Å²) in [5.41, 5.74) is 5.24. The van der Waals surface area contributed by atoms with E-state index in [2.05, 4.69) is 10.3 Å². The Morgan fingerprint density at radius 1 is 0.906 bits per heavy atom. The zero-order valence-corrected chi connectivity index (χ0v) is 17.8. The predicted octanol–water partition coefficient (Wildman–Crippen LogP) is 6.05. The van der Waals surface area contributed by atoms with Crippen LogP contribution in [0.1, 0.15) is 16.1 Å². The maximum atomic E-state index is 12.7. The third kappa shape index (κ3) is 4.38. The number of benzene rings is 3. The van der Waals surface area contributed by atoms with Crippen molar-refractivity contribution >= 4 is 34.1 Å². The van der Waals surface area contributed by atoms with Gasteiger partial charge in [0.25, 0.3) is 5.91 Å². The number of carbonyl (C=O) groups excluding carboxylic acids is 1. The molecule has 0 atom stereocenters. The molecule has 0 spiro atoms. The average Bonchev–Trinajstić information content (AvgIpc) is 3.33. The molecule has 5 aromatic rings. The number of halogens is 1. The number of rotatable bonds is 5. The number of aromatic nitrogens is 3. The van der Waals surface area contributed by atoms with Crippen molar-refractivity contribution in [3.8, 4) is 11.1 Å². The SMILES string of the molecule is O=C(Nc1ccc2nc(Cn3ccnc3)ccc2c1)c1ccc(-c2ccc(Cl)cc2)cc1. The molecule has 156 valence electrons. The van der Waals surface area contributed by atoms with Crippen molar-refractivity contribution in [1.29, 1.82) is 0 Å². The van der Waals surface area contributed by atoms with Crippen LogP contribution in [0.2, 0.25) is 5.02 Å². The van der Waals surface area contributed by atoms with E-state index in [-0.39, 0.29) is 5.91 Å². The topological polar surface area (TPSA) is 59.8 Å². The van der Waals surface area contributed by atoms with Crippen LogP contribution in [-0.4, -0.2) is 20.4 Å². The number of anilines is 1. The Hall–Kier alpha value is -3.96. The van der Waals surface area contributed by atoms with Gasteiger partial charge in [0.15, 0.2) is 0 Å². The summed E-state index contributed by atoms with van der Waals surface area (Å²) in [6.45, 7) is 0.667. The predicted molar refractivity (Wildman–Crippen MR) is 128 cm³/mol. The van der Waals surface area contributed by atoms with E-state index in [1.165, 1.54) is 0 Å². The number of nitrogens with one attached hydrogen (secondary N) is 1. The molecule has 3 aromatic carbocycles. The maximum absolute atomic E-state index is 12.7. The summed E-state index contributed by atoms with van der Waals surface area (Å²) < 4.78 is 1.97. The van der Waals surface area contributed by atoms with Crippen molar-refractivity contribution in [3.63, 3.8) is 0 Å². The highest BCUT2D eigenvalue weighted by atomic mass is 35.5. The number of carbonyl (C=O) groups is 1. The number of imidazole rings is 1. The van der Waals surface area contributed by atoms with Crippen molar-refractivity contribution in [1.82, 2.24) is 14.5 Å². The zero-order valence-electron chi connectivity index (χ0n) is 17.1. The highest BCUT2D eigenvalue weighted by Gasteiger charge is 2.08. The van der Waals surface area contributed by atoms with Gasteiger partial charge >= 0.3 is 0 Å². The molecule has 5 nitrogen and oxygen atoms in total. The van der Waals surface area contributed by atoms with Gasteiger partial charge in [-0.25, -0.2) is 4.98 Å². The number of nitrogens with zero attached hydrogens (tertiary/aromatic N) is 3. The van der Waals surface area contributed by atoms with E-state index in [0.29, 0.717) is 17.1 Å². The molecule has 32 heavy (non-hydrogen) atoms. The smallest absolute Gasteiger partial charge is 0.255 e. The van der Waals surface area contributed by atoms with Crippen LogP contribution < -0.4 is 5.32 Å². The normalized spacial score (nSPS) is 10.9. The molecule has 0 saturated heterocycles. The highest BCUT2D eigenvalue weighted by Crippen LogP contribution is 2.23. The van der Waals surface area contributed by atoms with E-state index in [0.717, 1.165) is 33.4 Å². The van der Waals surface area contributed by atoms with E-state index < -0.39 is 0 Å². The standard InChI is InChI=1S/C26H19ClN4O/c27-22-8-5-19(6-9-22)18-1-3-20(4-2-18)26(32)30-23-11-12-25-21(15-23)7-10-24(29-25)16-31-14-13-28-17-31/h1-15,17H,16H2,(H,30,32). The number of fused-ring (bicyclic) bond motifs is 1. The van der Waals surface area contributed by atoms with Gasteiger partial charge in [0, 0.05) is 34.1 Å². The molecule has 1 amide bonds. The van der Waals surface area contributed by atoms with Gasteiger partial charge in [0.1, 0.15) is 0 Å². The monoisotopic (exact) mass is 438 g/mol. The van der Waals surface area contributed by atoms with Gasteiger partial charge in [-0.2, -0.15) is 0 Å². The summed E-state index contributed by atoms with van der Waals surface area (Å²) in [7, 11) is 0. The van der Waals surface area contributed by atoms with Gasteiger partial charge in [-0.05, 0) is 59.7 Å². The van der Waals surface area contributed by atoms with E-state index in [1.807, 2.05) is 89.6 Å². The second kappa shape index (κ2) is 8.65. The molecule has 0 aliphatic rings. The second-order valence-corrected chi connectivity index (χ2v) is 7.92. The molecule has 0 aliphatic carbocycles. The Morgan fingerprint density at radius 2 is 1.66 bits per heavy atom. The molecule has 1 N–H and O–H groups in total. The molecule has 0 fully saturated rings. The molecule has 0 radical (unpaired) electrons. The van der Waals surface area contributed by atoms with Gasteiger partial charge in [-0.15, -0.1) is 0 Å². The molecule has 5 rings (SSSR count). The molecule has 2 heterocycles. The van der Waals surface area contributed by atoms with Crippen LogP contribution in [0.3, 0.4) is 0 Å². The molecule has 0 unspecified atom stereocenters. The van der Waals surface area contributed by atoms with E-state index >= 15 is 0 Å². The first kappa shape index (κ1) is 20.0. The van der Waals surface area contributed by atoms with Gasteiger partial charge in [0.2, 0.25) is 0 Å². The van der Waals surface area contributed by atoms with Crippen LogP contribution in [-0.2, 0) is 6.54 Å². The third-order valence-electron chi connectivity index (χ3n) is 5.23. The van der Waals surface area contributed by atoms with Crippen LogP contribution in [0.5, 0.6) is 0 Å². The Bertz CT molecular complexity index is 1380. The van der Waals surface area contributed by atoms with Crippen molar-refractivity contribution in [2.24, 2.45) is 0 Å². The molecule has 0 saturated carbocycles. The van der Waals surface area contributed by atoms with Gasteiger partial charge < -0.3 is 9.88 Å². The molecule has 2 aromatic heterocycles. The lowest BCUT2D eigenvalue weighted by Gasteiger charge is -2.09. The minimum atomic E-state index is -0.156. The van der Waals surface area contributed by atoms with Gasteiger partial charge in [-0.3, -0.25) is 9.78 Å². The van der Waals surface area contributed by atoms with Crippen molar-refractivity contribution < 1.29 is 4.79 Å².